The van der Waals surface area contributed by atoms with E-state index in [1.807, 2.05) is 0 Å². The predicted octanol–water partition coefficient (Wildman–Crippen LogP) is 2.37. The van der Waals surface area contributed by atoms with Crippen LogP contribution in [0.3, 0.4) is 0 Å². The number of carbonyl (C=O) groups is 1. The molecular weight excluding hydrogens is 384 g/mol. The van der Waals surface area contributed by atoms with Crippen LogP contribution in [-0.2, 0) is 23.1 Å². The smallest absolute Gasteiger partial charge is 0.333 e. The first kappa shape index (κ1) is 25.7. The molecule has 0 saturated carbocycles. The molecular formula is C17H38O6Si3. The molecule has 0 spiro atoms. The van der Waals surface area contributed by atoms with E-state index in [-0.39, 0.29) is 24.9 Å². The normalized spacial score (nSPS) is 15.5. The molecule has 0 aliphatic heterocycles. The lowest BCUT2D eigenvalue weighted by atomic mass is 10.3. The van der Waals surface area contributed by atoms with Crippen LogP contribution in [0, 0.1) is 0 Å². The van der Waals surface area contributed by atoms with Gasteiger partial charge < -0.3 is 23.4 Å². The van der Waals surface area contributed by atoms with Crippen molar-refractivity contribution >= 4 is 32.1 Å². The lowest BCUT2D eigenvalue weighted by Gasteiger charge is -2.33. The van der Waals surface area contributed by atoms with E-state index in [9.17, 15) is 9.90 Å². The highest BCUT2D eigenvalue weighted by molar-refractivity contribution is 6.71. The standard InChI is InChI=1S/C17H38O6Si3/c1-10-15(20-11-14(18)12-21-16(19)13(2)3)24-17(22-25(4,5)6)23-26(7,8)9/h14-15,17-18H,2,10-12,24H2,1,3-9H3. The summed E-state index contributed by atoms with van der Waals surface area (Å²) in [6.07, 6.45) is -0.0129. The molecule has 0 bridgehead atoms. The number of rotatable bonds is 13. The van der Waals surface area contributed by atoms with E-state index in [1.165, 1.54) is 0 Å². The summed E-state index contributed by atoms with van der Waals surface area (Å²) in [6, 6.07) is 0. The molecule has 0 rings (SSSR count). The Balaban J connectivity index is 4.57. The second-order valence-corrected chi connectivity index (χ2v) is 19.5. The van der Waals surface area contributed by atoms with Crippen molar-refractivity contribution in [1.82, 2.24) is 0 Å². The van der Waals surface area contributed by atoms with Gasteiger partial charge in [-0.15, -0.1) is 0 Å². The minimum absolute atomic E-state index is 0.0409. The summed E-state index contributed by atoms with van der Waals surface area (Å²) in [5.41, 5.74) is 0.353. The van der Waals surface area contributed by atoms with Crippen molar-refractivity contribution in [1.29, 1.82) is 0 Å². The molecule has 0 fully saturated rings. The van der Waals surface area contributed by atoms with Gasteiger partial charge in [0, 0.05) is 11.3 Å². The van der Waals surface area contributed by atoms with Crippen molar-refractivity contribution in [2.75, 3.05) is 13.2 Å². The largest absolute Gasteiger partial charge is 0.460 e. The van der Waals surface area contributed by atoms with Crippen molar-refractivity contribution < 1.29 is 28.2 Å². The Morgan fingerprint density at radius 3 is 1.96 bits per heavy atom. The third kappa shape index (κ3) is 13.8. The average Bonchev–Trinajstić information content (AvgIpc) is 2.45. The SMILES string of the molecule is C=C(C)C(=O)OCC(O)COC(CC)[SiH2]C(O[Si](C)(C)C)O[Si](C)(C)C. The van der Waals surface area contributed by atoms with Gasteiger partial charge in [-0.2, -0.15) is 0 Å². The zero-order valence-electron chi connectivity index (χ0n) is 17.8. The minimum atomic E-state index is -1.72. The molecule has 0 aromatic rings. The number of esters is 1. The van der Waals surface area contributed by atoms with Crippen molar-refractivity contribution in [3.63, 3.8) is 0 Å². The van der Waals surface area contributed by atoms with Gasteiger partial charge in [-0.25, -0.2) is 4.79 Å². The minimum Gasteiger partial charge on any atom is -0.460 e. The molecule has 0 aromatic heterocycles. The van der Waals surface area contributed by atoms with E-state index in [0.29, 0.717) is 5.57 Å². The van der Waals surface area contributed by atoms with Crippen molar-refractivity contribution in [3.05, 3.63) is 12.2 Å². The van der Waals surface area contributed by atoms with E-state index in [2.05, 4.69) is 52.8 Å². The highest BCUT2D eigenvalue weighted by atomic mass is 28.4. The molecule has 0 saturated heterocycles. The fourth-order valence-electron chi connectivity index (χ4n) is 2.07. The molecule has 9 heteroatoms. The Bertz CT molecular complexity index is 429. The number of carbonyl (C=O) groups excluding carboxylic acids is 1. The number of aliphatic hydroxyl groups excluding tert-OH is 1. The van der Waals surface area contributed by atoms with Crippen molar-refractivity contribution in [2.45, 2.75) is 77.3 Å². The maximum absolute atomic E-state index is 11.4. The van der Waals surface area contributed by atoms with Gasteiger partial charge in [0.25, 0.3) is 0 Å². The second-order valence-electron chi connectivity index (χ2n) is 8.52. The third-order valence-electron chi connectivity index (χ3n) is 3.16. The lowest BCUT2D eigenvalue weighted by Crippen LogP contribution is -2.46. The number of aliphatic hydroxyl groups is 1. The van der Waals surface area contributed by atoms with Crippen LogP contribution in [0.25, 0.3) is 0 Å². The van der Waals surface area contributed by atoms with Gasteiger partial charge in [0.05, 0.1) is 6.61 Å². The summed E-state index contributed by atoms with van der Waals surface area (Å²) in [7, 11) is -4.27. The van der Waals surface area contributed by atoms with Crippen LogP contribution in [0.5, 0.6) is 0 Å². The number of ether oxygens (including phenoxy) is 2. The van der Waals surface area contributed by atoms with Crippen LogP contribution in [0.15, 0.2) is 12.2 Å². The highest BCUT2D eigenvalue weighted by Crippen LogP contribution is 2.15. The third-order valence-corrected chi connectivity index (χ3v) is 7.82. The van der Waals surface area contributed by atoms with Gasteiger partial charge in [0.15, 0.2) is 16.6 Å². The topological polar surface area (TPSA) is 74.2 Å². The fourth-order valence-corrected chi connectivity index (χ4v) is 8.64. The second kappa shape index (κ2) is 11.5. The van der Waals surface area contributed by atoms with Gasteiger partial charge >= 0.3 is 5.97 Å². The van der Waals surface area contributed by atoms with Gasteiger partial charge in [0.2, 0.25) is 0 Å². The zero-order chi connectivity index (χ0) is 20.5. The van der Waals surface area contributed by atoms with Crippen LogP contribution in [0.1, 0.15) is 20.3 Å². The Kier molecular flexibility index (Phi) is 11.4. The summed E-state index contributed by atoms with van der Waals surface area (Å²) in [4.78, 5) is 11.4. The van der Waals surface area contributed by atoms with E-state index in [4.69, 9.17) is 18.3 Å². The molecule has 0 heterocycles. The molecule has 0 aliphatic carbocycles. The van der Waals surface area contributed by atoms with E-state index < -0.39 is 38.2 Å². The molecule has 154 valence electrons. The summed E-state index contributed by atoms with van der Waals surface area (Å²) in [5.74, 6) is -0.658. The monoisotopic (exact) mass is 422 g/mol. The van der Waals surface area contributed by atoms with Gasteiger partial charge in [-0.1, -0.05) is 13.5 Å². The predicted molar refractivity (Wildman–Crippen MR) is 113 cm³/mol. The summed E-state index contributed by atoms with van der Waals surface area (Å²) in [6.45, 7) is 20.1. The summed E-state index contributed by atoms with van der Waals surface area (Å²) < 4.78 is 23.3. The molecule has 6 nitrogen and oxygen atoms in total. The first-order chi connectivity index (χ1) is 11.7. The van der Waals surface area contributed by atoms with Crippen LogP contribution < -0.4 is 0 Å². The first-order valence-corrected chi connectivity index (χ1v) is 17.7. The van der Waals surface area contributed by atoms with Crippen molar-refractivity contribution in [2.24, 2.45) is 0 Å². The van der Waals surface area contributed by atoms with Gasteiger partial charge in [-0.3, -0.25) is 0 Å². The van der Waals surface area contributed by atoms with E-state index in [1.54, 1.807) is 6.92 Å². The van der Waals surface area contributed by atoms with Crippen LogP contribution in [0.4, 0.5) is 0 Å². The molecule has 2 atom stereocenters. The van der Waals surface area contributed by atoms with E-state index in [0.717, 1.165) is 6.42 Å². The van der Waals surface area contributed by atoms with Gasteiger partial charge in [-0.05, 0) is 52.6 Å². The fraction of sp³-hybridized carbons (Fsp3) is 0.824. The Hall–Kier alpha value is -0.299. The van der Waals surface area contributed by atoms with Crippen LogP contribution >= 0.6 is 0 Å². The lowest BCUT2D eigenvalue weighted by molar-refractivity contribution is -0.143. The molecule has 0 aromatic carbocycles. The average molecular weight is 423 g/mol. The maximum Gasteiger partial charge on any atom is 0.333 e. The molecule has 26 heavy (non-hydrogen) atoms. The molecule has 1 N–H and O–H groups in total. The van der Waals surface area contributed by atoms with Crippen LogP contribution in [-0.4, -0.2) is 68.2 Å². The molecule has 0 amide bonds. The zero-order valence-corrected chi connectivity index (χ0v) is 21.2. The first-order valence-electron chi connectivity index (χ1n) is 9.21. The van der Waals surface area contributed by atoms with Crippen LogP contribution in [0.2, 0.25) is 39.3 Å². The molecule has 0 aliphatic rings. The summed E-state index contributed by atoms with van der Waals surface area (Å²) in [5, 5.41) is 9.97. The number of hydrogen-bond acceptors (Lipinski definition) is 6. The van der Waals surface area contributed by atoms with Crippen molar-refractivity contribution in [3.8, 4) is 0 Å². The van der Waals surface area contributed by atoms with E-state index >= 15 is 0 Å². The summed E-state index contributed by atoms with van der Waals surface area (Å²) >= 11 is 0. The quantitative estimate of drug-likeness (QED) is 0.213. The number of hydrogen-bond donors (Lipinski definition) is 1. The Labute approximate surface area is 163 Å². The molecule has 2 unspecified atom stereocenters. The Morgan fingerprint density at radius 2 is 1.58 bits per heavy atom. The van der Waals surface area contributed by atoms with Gasteiger partial charge in [0.1, 0.15) is 28.1 Å². The Morgan fingerprint density at radius 1 is 1.08 bits per heavy atom. The highest BCUT2D eigenvalue weighted by Gasteiger charge is 2.29. The maximum atomic E-state index is 11.4. The molecule has 0 radical (unpaired) electrons.